The monoisotopic (exact) mass is 1870 g/mol. The standard InChI is InChI=1S/2C44H48N4.C8H10.4ClH.2Hf/c2*1-29(2)35-19-15-20-36(30(3)4)43(35)45-27-33-17-9-11-23-39(33)47-41-25-13-14-26-42(41)48-40-24-12-10-18-34(40)28-46-44-37(31(5)6)21-16-22-38(44)32(7)8;1-7-3-5-8(2)6-4-7;;;;;;/h2*9-32H,1-8H3;3-6H,1-2H3;4*1H;;/q2*-2;;;;;;2*+4/p-4. The van der Waals surface area contributed by atoms with Crippen molar-refractivity contribution in [2.45, 2.75) is 172 Å². The summed E-state index contributed by atoms with van der Waals surface area (Å²) in [6, 6.07) is 83.3. The largest absolute Gasteiger partial charge is 4.00 e. The van der Waals surface area contributed by atoms with Crippen LogP contribution in [0.25, 0.3) is 21.3 Å². The van der Waals surface area contributed by atoms with Gasteiger partial charge in [-0.15, -0.1) is 22.7 Å². The quantitative estimate of drug-likeness (QED) is 0.0425. The Kier molecular flexibility index (Phi) is 41.7. The molecule has 8 nitrogen and oxygen atoms in total. The zero-order valence-corrected chi connectivity index (χ0v) is 77.3. The van der Waals surface area contributed by atoms with E-state index in [0.29, 0.717) is 47.3 Å². The molecule has 0 spiro atoms. The number of aryl methyl sites for hydroxylation is 2. The van der Waals surface area contributed by atoms with Crippen molar-refractivity contribution in [3.63, 3.8) is 0 Å². The molecule has 0 heterocycles. The maximum absolute atomic E-state index is 5.13. The predicted octanol–water partition coefficient (Wildman–Crippen LogP) is 19.0. The van der Waals surface area contributed by atoms with E-state index in [1.54, 1.807) is 0 Å². The summed E-state index contributed by atoms with van der Waals surface area (Å²) in [6.45, 7) is 39.7. The maximum atomic E-state index is 5.13. The molecular weight excluding hydrogens is 1760 g/mol. The second-order valence-corrected chi connectivity index (χ2v) is 29.2. The van der Waals surface area contributed by atoms with Gasteiger partial charge in [0.15, 0.2) is 0 Å². The minimum absolute atomic E-state index is 0. The second kappa shape index (κ2) is 47.5. The van der Waals surface area contributed by atoms with Crippen LogP contribution in [-0.4, -0.2) is 24.9 Å². The molecule has 11 rings (SSSR count). The fraction of sp³-hybridized carbons (Fsp3) is 0.271. The third kappa shape index (κ3) is 26.7. The summed E-state index contributed by atoms with van der Waals surface area (Å²) in [7, 11) is 0. The molecule has 0 saturated carbocycles. The van der Waals surface area contributed by atoms with Crippen LogP contribution >= 0.6 is 0 Å². The molecule has 110 heavy (non-hydrogen) atoms. The van der Waals surface area contributed by atoms with Gasteiger partial charge in [0, 0.05) is 24.9 Å². The normalized spacial score (nSPS) is 11.1. The van der Waals surface area contributed by atoms with E-state index in [9.17, 15) is 0 Å². The number of hydrogen-bond acceptors (Lipinski definition) is 4. The van der Waals surface area contributed by atoms with E-state index in [0.717, 1.165) is 90.5 Å². The van der Waals surface area contributed by atoms with Gasteiger partial charge in [0.05, 0.1) is 22.7 Å². The summed E-state index contributed by atoms with van der Waals surface area (Å²) in [6.07, 6.45) is 7.82. The van der Waals surface area contributed by atoms with E-state index < -0.39 is 0 Å². The Balaban J connectivity index is 0.000000492. The first-order valence-electron chi connectivity index (χ1n) is 37.2. The molecule has 14 heteroatoms. The Labute approximate surface area is 721 Å². The molecule has 11 aromatic rings. The second-order valence-electron chi connectivity index (χ2n) is 29.2. The first-order valence-corrected chi connectivity index (χ1v) is 37.2. The molecule has 0 bridgehead atoms. The van der Waals surface area contributed by atoms with Crippen LogP contribution in [0.4, 0.5) is 68.2 Å². The zero-order valence-electron chi connectivity index (χ0n) is 67.1. The molecule has 0 aliphatic heterocycles. The third-order valence-corrected chi connectivity index (χ3v) is 18.4. The smallest absolute Gasteiger partial charge is 1.00 e. The number of benzene rings is 11. The Morgan fingerprint density at radius 3 is 0.500 bits per heavy atom. The average Bonchev–Trinajstić information content (AvgIpc) is 0.852. The van der Waals surface area contributed by atoms with Crippen LogP contribution in [0.2, 0.25) is 0 Å². The molecule has 0 radical (unpaired) electrons. The van der Waals surface area contributed by atoms with Crippen molar-refractivity contribution < 1.29 is 101 Å². The van der Waals surface area contributed by atoms with E-state index in [4.69, 9.17) is 41.2 Å². The predicted molar refractivity (Wildman–Crippen MR) is 453 cm³/mol. The third-order valence-electron chi connectivity index (χ3n) is 18.4. The molecule has 0 saturated heterocycles. The summed E-state index contributed by atoms with van der Waals surface area (Å²) in [5.74, 6) is 3.00. The molecule has 0 unspecified atom stereocenters. The minimum Gasteiger partial charge on any atom is -1.00 e. The summed E-state index contributed by atoms with van der Waals surface area (Å²) in [5.41, 5.74) is 27.3. The van der Waals surface area contributed by atoms with E-state index in [2.05, 4.69) is 246 Å². The Morgan fingerprint density at radius 2 is 0.345 bits per heavy atom. The van der Waals surface area contributed by atoms with Crippen molar-refractivity contribution in [2.75, 3.05) is 0 Å². The summed E-state index contributed by atoms with van der Waals surface area (Å²) >= 11 is 0. The van der Waals surface area contributed by atoms with Crippen molar-refractivity contribution in [2.24, 2.45) is 20.0 Å². The SMILES string of the molecule is CC(C)c1cccc(C(C)C)c1N=Cc1ccccc1[N-]c1ccccc1[N-]c1ccccc1C=Nc1c(C(C)C)cccc1C(C)C.CC(C)c1cccc(C(C)C)c1N=Cc1ccccc1[N-]c1ccccc1[N-]c1ccccc1C=Nc1c(C(C)C)cccc1C(C)C.Cc1ccc(C)cc1.[Cl-].[Cl-].[Cl-].[Cl-].[Hf+4].[Hf+4]. The molecule has 0 fully saturated rings. The van der Waals surface area contributed by atoms with E-state index in [1.807, 2.05) is 146 Å². The van der Waals surface area contributed by atoms with E-state index in [1.165, 1.54) is 55.6 Å². The van der Waals surface area contributed by atoms with Gasteiger partial charge in [0.1, 0.15) is 0 Å². The number of aliphatic imine (C=N–C) groups is 4. The molecule has 0 aliphatic rings. The number of nitrogens with zero attached hydrogens (tertiary/aromatic N) is 8. The molecule has 566 valence electrons. The summed E-state index contributed by atoms with van der Waals surface area (Å²) in [4.78, 5) is 20.3. The molecule has 0 aliphatic carbocycles. The van der Waals surface area contributed by atoms with Crippen LogP contribution in [0.1, 0.15) is 236 Å². The Morgan fingerprint density at radius 1 is 0.200 bits per heavy atom. The number of halogens is 4. The summed E-state index contributed by atoms with van der Waals surface area (Å²) in [5, 5.41) is 20.5. The van der Waals surface area contributed by atoms with E-state index >= 15 is 0 Å². The van der Waals surface area contributed by atoms with E-state index in [-0.39, 0.29) is 101 Å². The average molecular weight is 1870 g/mol. The van der Waals surface area contributed by atoms with Gasteiger partial charge in [0.2, 0.25) is 0 Å². The number of para-hydroxylation sites is 12. The molecule has 11 aromatic carbocycles. The van der Waals surface area contributed by atoms with Crippen molar-refractivity contribution in [1.29, 1.82) is 0 Å². The molecule has 0 atom stereocenters. The van der Waals surface area contributed by atoms with Crippen molar-refractivity contribution in [3.8, 4) is 0 Å². The fourth-order valence-corrected chi connectivity index (χ4v) is 12.4. The zero-order chi connectivity index (χ0) is 74.4. The topological polar surface area (TPSA) is 106 Å². The van der Waals surface area contributed by atoms with Gasteiger partial charge in [-0.3, -0.25) is 20.0 Å². The van der Waals surface area contributed by atoms with Gasteiger partial charge in [-0.05, 0) is 128 Å². The fourth-order valence-electron chi connectivity index (χ4n) is 12.4. The van der Waals surface area contributed by atoms with Crippen LogP contribution < -0.4 is 49.6 Å². The maximum Gasteiger partial charge on any atom is 4.00 e. The van der Waals surface area contributed by atoms with Crippen LogP contribution in [0, 0.1) is 13.8 Å². The van der Waals surface area contributed by atoms with Crippen LogP contribution in [0.3, 0.4) is 0 Å². The molecule has 0 N–H and O–H groups in total. The first-order chi connectivity index (χ1) is 50.1. The Hall–Kier alpha value is -7.80. The van der Waals surface area contributed by atoms with Crippen molar-refractivity contribution in [3.05, 3.63) is 342 Å². The number of rotatable bonds is 24. The Bertz CT molecular complexity index is 4090. The van der Waals surface area contributed by atoms with Crippen LogP contribution in [0.5, 0.6) is 0 Å². The van der Waals surface area contributed by atoms with Gasteiger partial charge in [-0.1, -0.05) is 365 Å². The molecule has 0 aromatic heterocycles. The summed E-state index contributed by atoms with van der Waals surface area (Å²) < 4.78 is 0. The van der Waals surface area contributed by atoms with Gasteiger partial charge >= 0.3 is 51.7 Å². The first kappa shape index (κ1) is 96.4. The number of hydrogen-bond donors (Lipinski definition) is 0. The molecule has 0 amide bonds. The van der Waals surface area contributed by atoms with Crippen LogP contribution in [-0.2, 0) is 51.7 Å². The van der Waals surface area contributed by atoms with Gasteiger partial charge in [-0.25, -0.2) is 0 Å². The van der Waals surface area contributed by atoms with Gasteiger partial charge in [0.25, 0.3) is 0 Å². The van der Waals surface area contributed by atoms with Gasteiger partial charge in [-0.2, -0.15) is 22.7 Å². The van der Waals surface area contributed by atoms with Gasteiger partial charge < -0.3 is 70.9 Å². The minimum atomic E-state index is 0. The van der Waals surface area contributed by atoms with Crippen molar-refractivity contribution >= 4 is 93.1 Å². The van der Waals surface area contributed by atoms with Crippen LogP contribution in [0.15, 0.2) is 263 Å². The van der Waals surface area contributed by atoms with Crippen molar-refractivity contribution in [1.82, 2.24) is 0 Å². The molecular formula is C96H106Cl4Hf2N8.